The summed E-state index contributed by atoms with van der Waals surface area (Å²) < 4.78 is 13.4. The average Bonchev–Trinajstić information content (AvgIpc) is 3.38. The average molecular weight is 440 g/mol. The lowest BCUT2D eigenvalue weighted by atomic mass is 10.0. The van der Waals surface area contributed by atoms with E-state index in [4.69, 9.17) is 4.98 Å². The first-order valence-electron chi connectivity index (χ1n) is 10.8. The third-order valence-electron chi connectivity index (χ3n) is 5.69. The number of amides is 1. The largest absolute Gasteiger partial charge is 0.355 e. The number of aromatic nitrogens is 2. The summed E-state index contributed by atoms with van der Waals surface area (Å²) in [5.74, 6) is -0.299. The molecule has 0 bridgehead atoms. The molecule has 1 fully saturated rings. The third kappa shape index (κ3) is 4.43. The van der Waals surface area contributed by atoms with Crippen LogP contribution in [0.2, 0.25) is 0 Å². The maximum Gasteiger partial charge on any atom is 0.255 e. The molecule has 1 saturated heterocycles. The minimum absolute atomic E-state index is 0.188. The van der Waals surface area contributed by atoms with Crippen molar-refractivity contribution in [3.8, 4) is 0 Å². The highest BCUT2D eigenvalue weighted by atomic mass is 19.1. The summed E-state index contributed by atoms with van der Waals surface area (Å²) in [6, 6.07) is 17.4. The number of hydrogen-bond donors (Lipinski definition) is 1. The molecule has 3 aromatic carbocycles. The van der Waals surface area contributed by atoms with Crippen LogP contribution < -0.4 is 10.2 Å². The first-order chi connectivity index (χ1) is 16.1. The minimum Gasteiger partial charge on any atom is -0.355 e. The number of hydrogen-bond acceptors (Lipinski definition) is 5. The van der Waals surface area contributed by atoms with Crippen molar-refractivity contribution < 1.29 is 14.0 Å². The minimum atomic E-state index is -0.487. The van der Waals surface area contributed by atoms with Gasteiger partial charge in [-0.25, -0.2) is 9.37 Å². The third-order valence-corrected chi connectivity index (χ3v) is 5.69. The lowest BCUT2D eigenvalue weighted by molar-refractivity contribution is 0.102. The first kappa shape index (κ1) is 20.8. The van der Waals surface area contributed by atoms with Gasteiger partial charge in [0.15, 0.2) is 5.78 Å². The lowest BCUT2D eigenvalue weighted by Crippen LogP contribution is -2.19. The zero-order valence-corrected chi connectivity index (χ0v) is 17.8. The zero-order chi connectivity index (χ0) is 22.8. The molecule has 0 atom stereocenters. The maximum atomic E-state index is 13.4. The van der Waals surface area contributed by atoms with Crippen molar-refractivity contribution in [2.75, 3.05) is 23.3 Å². The van der Waals surface area contributed by atoms with Gasteiger partial charge in [-0.05, 0) is 61.4 Å². The van der Waals surface area contributed by atoms with Crippen LogP contribution in [-0.2, 0) is 0 Å². The van der Waals surface area contributed by atoms with Gasteiger partial charge in [-0.2, -0.15) is 0 Å². The molecule has 0 unspecified atom stereocenters. The first-order valence-corrected chi connectivity index (χ1v) is 10.8. The quantitative estimate of drug-likeness (QED) is 0.449. The Bertz CT molecular complexity index is 1370. The summed E-state index contributed by atoms with van der Waals surface area (Å²) in [5.41, 5.74) is 2.96. The van der Waals surface area contributed by atoms with E-state index in [9.17, 15) is 14.0 Å². The normalized spacial score (nSPS) is 13.3. The van der Waals surface area contributed by atoms with E-state index < -0.39 is 11.7 Å². The molecule has 0 radical (unpaired) electrons. The Morgan fingerprint density at radius 2 is 1.61 bits per heavy atom. The van der Waals surface area contributed by atoms with Crippen molar-refractivity contribution >= 4 is 34.2 Å². The van der Waals surface area contributed by atoms with Crippen LogP contribution in [0, 0.1) is 5.82 Å². The molecule has 7 heteroatoms. The van der Waals surface area contributed by atoms with E-state index in [0.717, 1.165) is 43.3 Å². The van der Waals surface area contributed by atoms with Gasteiger partial charge in [0.2, 0.25) is 0 Å². The Kier molecular flexibility index (Phi) is 5.52. The molecule has 1 aliphatic heterocycles. The molecule has 1 N–H and O–H groups in total. The number of rotatable bonds is 5. The van der Waals surface area contributed by atoms with Gasteiger partial charge in [0.1, 0.15) is 11.6 Å². The molecule has 0 spiro atoms. The zero-order valence-electron chi connectivity index (χ0n) is 17.8. The second kappa shape index (κ2) is 8.78. The number of benzene rings is 3. The number of ketones is 1. The smallest absolute Gasteiger partial charge is 0.255 e. The number of carbonyl (C=O) groups excluding carboxylic acids is 2. The van der Waals surface area contributed by atoms with Gasteiger partial charge < -0.3 is 10.2 Å². The lowest BCUT2D eigenvalue weighted by Gasteiger charge is -2.16. The molecule has 1 aliphatic rings. The van der Waals surface area contributed by atoms with Gasteiger partial charge in [-0.15, -0.1) is 0 Å². The van der Waals surface area contributed by atoms with Crippen LogP contribution in [0.5, 0.6) is 0 Å². The summed E-state index contributed by atoms with van der Waals surface area (Å²) in [6.45, 7) is 1.93. The van der Waals surface area contributed by atoms with Gasteiger partial charge in [0.05, 0.1) is 17.2 Å². The van der Waals surface area contributed by atoms with E-state index in [2.05, 4.69) is 15.2 Å². The topological polar surface area (TPSA) is 75.2 Å². The SMILES string of the molecule is O=C(Nc1cccc(C(=O)c2ccc3ncc(N4CCCC4)nc3c2)c1)c1cccc(F)c1. The molecule has 164 valence electrons. The Balaban J connectivity index is 1.39. The number of carbonyl (C=O) groups is 2. The monoisotopic (exact) mass is 440 g/mol. The van der Waals surface area contributed by atoms with E-state index in [1.165, 1.54) is 18.2 Å². The summed E-state index contributed by atoms with van der Waals surface area (Å²) in [6.07, 6.45) is 4.06. The van der Waals surface area contributed by atoms with Crippen molar-refractivity contribution in [3.05, 3.63) is 95.4 Å². The fourth-order valence-electron chi connectivity index (χ4n) is 3.98. The molecular weight excluding hydrogens is 419 g/mol. The van der Waals surface area contributed by atoms with Crippen molar-refractivity contribution in [2.45, 2.75) is 12.8 Å². The van der Waals surface area contributed by atoms with Gasteiger partial charge in [-0.1, -0.05) is 18.2 Å². The predicted molar refractivity (Wildman–Crippen MR) is 125 cm³/mol. The van der Waals surface area contributed by atoms with Crippen molar-refractivity contribution in [2.24, 2.45) is 0 Å². The van der Waals surface area contributed by atoms with Gasteiger partial charge in [0, 0.05) is 35.5 Å². The molecule has 5 rings (SSSR count). The molecule has 1 amide bonds. The Morgan fingerprint density at radius 1 is 0.848 bits per heavy atom. The van der Waals surface area contributed by atoms with E-state index in [-0.39, 0.29) is 11.3 Å². The number of anilines is 2. The highest BCUT2D eigenvalue weighted by Gasteiger charge is 2.16. The van der Waals surface area contributed by atoms with Gasteiger partial charge in [-0.3, -0.25) is 14.6 Å². The molecule has 33 heavy (non-hydrogen) atoms. The number of nitrogens with one attached hydrogen (secondary N) is 1. The Labute approximate surface area is 190 Å². The molecule has 2 heterocycles. The van der Waals surface area contributed by atoms with Crippen molar-refractivity contribution in [3.63, 3.8) is 0 Å². The molecular formula is C26H21FN4O2. The summed E-state index contributed by atoms with van der Waals surface area (Å²) in [7, 11) is 0. The molecule has 1 aromatic heterocycles. The van der Waals surface area contributed by atoms with Crippen LogP contribution in [0.1, 0.15) is 39.1 Å². The van der Waals surface area contributed by atoms with Crippen LogP contribution in [0.3, 0.4) is 0 Å². The second-order valence-electron chi connectivity index (χ2n) is 8.00. The van der Waals surface area contributed by atoms with Crippen LogP contribution in [0.25, 0.3) is 11.0 Å². The molecule has 4 aromatic rings. The highest BCUT2D eigenvalue weighted by Crippen LogP contribution is 2.22. The van der Waals surface area contributed by atoms with E-state index in [0.29, 0.717) is 22.3 Å². The Hall–Kier alpha value is -4.13. The number of halogens is 1. The summed E-state index contributed by atoms with van der Waals surface area (Å²) in [4.78, 5) is 37.0. The maximum absolute atomic E-state index is 13.4. The molecule has 0 aliphatic carbocycles. The van der Waals surface area contributed by atoms with Crippen molar-refractivity contribution in [1.29, 1.82) is 0 Å². The van der Waals surface area contributed by atoms with Crippen LogP contribution >= 0.6 is 0 Å². The standard InChI is InChI=1S/C26H21FN4O2/c27-20-7-3-6-19(13-20)26(33)29-21-8-4-5-17(14-21)25(32)18-9-10-22-23(15-18)30-24(16-28-22)31-11-1-2-12-31/h3-10,13-16H,1-2,11-12H2,(H,29,33). The van der Waals surface area contributed by atoms with Crippen LogP contribution in [-0.4, -0.2) is 34.7 Å². The molecule has 0 saturated carbocycles. The second-order valence-corrected chi connectivity index (χ2v) is 8.00. The van der Waals surface area contributed by atoms with Gasteiger partial charge >= 0.3 is 0 Å². The summed E-state index contributed by atoms with van der Waals surface area (Å²) >= 11 is 0. The van der Waals surface area contributed by atoms with Gasteiger partial charge in [0.25, 0.3) is 5.91 Å². The van der Waals surface area contributed by atoms with E-state index in [1.807, 2.05) is 0 Å². The predicted octanol–water partition coefficient (Wildman–Crippen LogP) is 4.85. The Morgan fingerprint density at radius 3 is 2.42 bits per heavy atom. The summed E-state index contributed by atoms with van der Waals surface area (Å²) in [5, 5.41) is 2.71. The van der Waals surface area contributed by atoms with E-state index >= 15 is 0 Å². The van der Waals surface area contributed by atoms with E-state index in [1.54, 1.807) is 48.7 Å². The number of nitrogens with zero attached hydrogens (tertiary/aromatic N) is 3. The van der Waals surface area contributed by atoms with Crippen LogP contribution in [0.15, 0.2) is 72.9 Å². The van der Waals surface area contributed by atoms with Crippen LogP contribution in [0.4, 0.5) is 15.9 Å². The van der Waals surface area contributed by atoms with Crippen molar-refractivity contribution in [1.82, 2.24) is 9.97 Å². The highest BCUT2D eigenvalue weighted by molar-refractivity contribution is 6.11. The molecule has 6 nitrogen and oxygen atoms in total. The number of fused-ring (bicyclic) bond motifs is 1. The fraction of sp³-hybridized carbons (Fsp3) is 0.154. The fourth-order valence-corrected chi connectivity index (χ4v) is 3.98.